The van der Waals surface area contributed by atoms with Crippen molar-refractivity contribution in [3.8, 4) is 0 Å². The predicted octanol–water partition coefficient (Wildman–Crippen LogP) is 5.87. The fourth-order valence-electron chi connectivity index (χ4n) is 1.21. The Bertz CT molecular complexity index is 140. The average molecular weight is 321 g/mol. The highest BCUT2D eigenvalue weighted by atomic mass is 16.5. The van der Waals surface area contributed by atoms with Crippen LogP contribution in [0.4, 0.5) is 0 Å². The Balaban J connectivity index is -0.000000102. The van der Waals surface area contributed by atoms with Gasteiger partial charge in [-0.1, -0.05) is 99.3 Å². The summed E-state index contributed by atoms with van der Waals surface area (Å²) in [5.74, 6) is 0. The van der Waals surface area contributed by atoms with Crippen LogP contribution in [0, 0.1) is 0 Å². The van der Waals surface area contributed by atoms with Crippen LogP contribution < -0.4 is 0 Å². The van der Waals surface area contributed by atoms with E-state index in [1.165, 1.54) is 57.8 Å². The Morgan fingerprint density at radius 2 is 0.955 bits per heavy atom. The van der Waals surface area contributed by atoms with Crippen molar-refractivity contribution in [1.29, 1.82) is 0 Å². The highest BCUT2D eigenvalue weighted by molar-refractivity contribution is 5.48. The Hall–Kier alpha value is -0.410. The van der Waals surface area contributed by atoms with E-state index in [-0.39, 0.29) is 0 Å². The first-order valence-corrected chi connectivity index (χ1v) is 9.31. The van der Waals surface area contributed by atoms with Crippen LogP contribution in [0.15, 0.2) is 0 Å². The molecule has 3 heteroatoms. The molecule has 138 valence electrons. The van der Waals surface area contributed by atoms with E-state index in [2.05, 4.69) is 27.7 Å². The number of carbonyl (C=O) groups excluding carboxylic acids is 1. The van der Waals surface area contributed by atoms with Crippen LogP contribution in [0.2, 0.25) is 0 Å². The van der Waals surface area contributed by atoms with Crippen LogP contribution in [0.5, 0.6) is 0 Å². The van der Waals surface area contributed by atoms with Gasteiger partial charge in [-0.15, -0.1) is 0 Å². The molecule has 0 aromatic carbocycles. The summed E-state index contributed by atoms with van der Waals surface area (Å²) < 4.78 is 0. The van der Waals surface area contributed by atoms with E-state index >= 15 is 0 Å². The van der Waals surface area contributed by atoms with Gasteiger partial charge in [-0.2, -0.15) is 0 Å². The molecular weight excluding hydrogens is 276 g/mol. The minimum Gasteiger partial charge on any atom is -0.368 e. The molecule has 0 saturated carbocycles. The normalized spacial score (nSPS) is 8.77. The lowest BCUT2D eigenvalue weighted by Gasteiger charge is -1.93. The zero-order valence-corrected chi connectivity index (χ0v) is 16.2. The topological polar surface area (TPSA) is 57.5 Å². The first kappa shape index (κ1) is 29.6. The molecule has 0 bridgehead atoms. The van der Waals surface area contributed by atoms with Crippen LogP contribution in [0.3, 0.4) is 0 Å². The van der Waals surface area contributed by atoms with Gasteiger partial charge >= 0.3 is 0 Å². The molecule has 0 aromatic rings. The van der Waals surface area contributed by atoms with E-state index in [9.17, 15) is 4.79 Å². The Morgan fingerprint density at radius 1 is 0.682 bits per heavy atom. The number of hydrogen-bond donors (Lipinski definition) is 2. The zero-order valence-electron chi connectivity index (χ0n) is 16.2. The molecule has 0 aliphatic heterocycles. The third-order valence-corrected chi connectivity index (χ3v) is 2.70. The summed E-state index contributed by atoms with van der Waals surface area (Å²) in [5, 5.41) is 15.8. The number of carbonyl (C=O) groups is 1. The zero-order chi connectivity index (χ0) is 18.1. The summed E-state index contributed by atoms with van der Waals surface area (Å²) in [6, 6.07) is 0. The van der Waals surface area contributed by atoms with Crippen molar-refractivity contribution in [1.82, 2.24) is 0 Å². The fraction of sp³-hybridized carbons (Fsp3) is 0.947. The number of aliphatic hydroxyl groups excluding tert-OH is 1. The van der Waals surface area contributed by atoms with Crippen LogP contribution in [0.25, 0.3) is 0 Å². The lowest BCUT2D eigenvalue weighted by Crippen LogP contribution is -1.99. The molecular formula is C19H44O3. The average Bonchev–Trinajstić information content (AvgIpc) is 2.54. The lowest BCUT2D eigenvalue weighted by atomic mass is 10.1. The second-order valence-electron chi connectivity index (χ2n) is 5.23. The van der Waals surface area contributed by atoms with Gasteiger partial charge in [-0.25, -0.2) is 0 Å². The van der Waals surface area contributed by atoms with Crippen molar-refractivity contribution in [2.45, 2.75) is 118 Å². The van der Waals surface area contributed by atoms with Crippen LogP contribution >= 0.6 is 0 Å². The maximum atomic E-state index is 9.17. The smallest absolute Gasteiger partial charge is 0.151 e. The first-order chi connectivity index (χ1) is 10.5. The molecule has 0 unspecified atom stereocenters. The third kappa shape index (κ3) is 73.6. The second kappa shape index (κ2) is 37.1. The Morgan fingerprint density at radius 3 is 1.05 bits per heavy atom. The van der Waals surface area contributed by atoms with Gasteiger partial charge in [0.25, 0.3) is 0 Å². The van der Waals surface area contributed by atoms with Gasteiger partial charge < -0.3 is 15.0 Å². The molecule has 0 fully saturated rings. The maximum Gasteiger partial charge on any atom is 0.151 e. The molecule has 0 aliphatic rings. The monoisotopic (exact) mass is 320 g/mol. The first-order valence-electron chi connectivity index (χ1n) is 9.31. The Labute approximate surface area is 140 Å². The standard InChI is InChI=1S/C8H18.C5H12.C3H8O2.C3H6O/c1-3-5-7-8-6-4-2;1-3-5-4-2;1-2-3(4)5;1-2-3-4/h3-8H2,1-2H3;3-5H2,1-2H3;3-5H,2H2,1H3;3H,2H2,1H3. The van der Waals surface area contributed by atoms with E-state index in [0.29, 0.717) is 12.8 Å². The van der Waals surface area contributed by atoms with Gasteiger partial charge in [-0.05, 0) is 6.42 Å². The molecule has 22 heavy (non-hydrogen) atoms. The van der Waals surface area contributed by atoms with Crippen molar-refractivity contribution in [2.75, 3.05) is 0 Å². The molecule has 0 heterocycles. The summed E-state index contributed by atoms with van der Waals surface area (Å²) in [6.07, 6.45) is 13.4. The summed E-state index contributed by atoms with van der Waals surface area (Å²) in [7, 11) is 0. The van der Waals surface area contributed by atoms with Gasteiger partial charge in [0.1, 0.15) is 6.29 Å². The number of hydrogen-bond acceptors (Lipinski definition) is 3. The SMILES string of the molecule is CCC(O)O.CCC=O.CCCCC.CCCCCCCC. The van der Waals surface area contributed by atoms with E-state index in [1.54, 1.807) is 6.92 Å². The molecule has 0 aromatic heterocycles. The number of aldehydes is 1. The summed E-state index contributed by atoms with van der Waals surface area (Å²) in [6.45, 7) is 12.4. The largest absolute Gasteiger partial charge is 0.368 e. The third-order valence-electron chi connectivity index (χ3n) is 2.70. The molecule has 2 N–H and O–H groups in total. The van der Waals surface area contributed by atoms with Gasteiger partial charge in [0.2, 0.25) is 0 Å². The minimum atomic E-state index is -1.12. The van der Waals surface area contributed by atoms with Crippen LogP contribution in [-0.4, -0.2) is 22.8 Å². The van der Waals surface area contributed by atoms with E-state index in [1.807, 2.05) is 6.92 Å². The quantitative estimate of drug-likeness (QED) is 0.317. The molecule has 0 aliphatic carbocycles. The van der Waals surface area contributed by atoms with Crippen molar-refractivity contribution >= 4 is 6.29 Å². The molecule has 0 rings (SSSR count). The van der Waals surface area contributed by atoms with Crippen molar-refractivity contribution in [3.63, 3.8) is 0 Å². The van der Waals surface area contributed by atoms with E-state index in [4.69, 9.17) is 10.2 Å². The highest BCUT2D eigenvalue weighted by Crippen LogP contribution is 2.03. The Kier molecular flexibility index (Phi) is 49.9. The predicted molar refractivity (Wildman–Crippen MR) is 99.1 cm³/mol. The van der Waals surface area contributed by atoms with Gasteiger partial charge in [0.05, 0.1) is 0 Å². The molecule has 3 nitrogen and oxygen atoms in total. The lowest BCUT2D eigenvalue weighted by molar-refractivity contribution is -0.107. The maximum absolute atomic E-state index is 9.17. The van der Waals surface area contributed by atoms with Crippen LogP contribution in [0.1, 0.15) is 112 Å². The van der Waals surface area contributed by atoms with Crippen molar-refractivity contribution < 1.29 is 15.0 Å². The summed E-state index contributed by atoms with van der Waals surface area (Å²) >= 11 is 0. The second-order valence-corrected chi connectivity index (χ2v) is 5.23. The highest BCUT2D eigenvalue weighted by Gasteiger charge is 1.84. The summed E-state index contributed by atoms with van der Waals surface area (Å²) in [5.41, 5.74) is 0. The molecule has 0 atom stereocenters. The van der Waals surface area contributed by atoms with Crippen molar-refractivity contribution in [3.05, 3.63) is 0 Å². The minimum absolute atomic E-state index is 0.417. The molecule has 0 amide bonds. The molecule has 0 saturated heterocycles. The van der Waals surface area contributed by atoms with E-state index in [0.717, 1.165) is 6.29 Å². The fourth-order valence-corrected chi connectivity index (χ4v) is 1.21. The van der Waals surface area contributed by atoms with E-state index < -0.39 is 6.29 Å². The molecule has 0 spiro atoms. The van der Waals surface area contributed by atoms with Crippen LogP contribution in [-0.2, 0) is 4.79 Å². The number of aliphatic hydroxyl groups is 2. The van der Waals surface area contributed by atoms with Crippen molar-refractivity contribution in [2.24, 2.45) is 0 Å². The number of rotatable bonds is 9. The van der Waals surface area contributed by atoms with Gasteiger partial charge in [0.15, 0.2) is 6.29 Å². The number of unbranched alkanes of at least 4 members (excludes halogenated alkanes) is 7. The van der Waals surface area contributed by atoms with Gasteiger partial charge in [-0.3, -0.25) is 0 Å². The summed E-state index contributed by atoms with van der Waals surface area (Å²) in [4.78, 5) is 9.17. The molecule has 0 radical (unpaired) electrons. The van der Waals surface area contributed by atoms with Gasteiger partial charge in [0, 0.05) is 6.42 Å².